The van der Waals surface area contributed by atoms with Crippen molar-refractivity contribution < 1.29 is 13.5 Å². The first kappa shape index (κ1) is 11.6. The van der Waals surface area contributed by atoms with Gasteiger partial charge in [0.25, 0.3) is 10.0 Å². The summed E-state index contributed by atoms with van der Waals surface area (Å²) in [6.45, 7) is 0.452. The van der Waals surface area contributed by atoms with Gasteiger partial charge in [-0.25, -0.2) is 13.4 Å². The van der Waals surface area contributed by atoms with Crippen molar-refractivity contribution in [3.8, 4) is 0 Å². The zero-order valence-corrected chi connectivity index (χ0v) is 10.3. The van der Waals surface area contributed by atoms with Crippen molar-refractivity contribution in [1.29, 1.82) is 0 Å². The SMILES string of the molecule is O=S(=O)(c1[nH]nc2ncccc12)N1CC[C@H](O)C1. The quantitative estimate of drug-likeness (QED) is 0.780. The summed E-state index contributed by atoms with van der Waals surface area (Å²) in [5.74, 6) is 0. The van der Waals surface area contributed by atoms with Crippen molar-refractivity contribution in [3.05, 3.63) is 18.3 Å². The number of aliphatic hydroxyl groups excluding tert-OH is 1. The predicted molar refractivity (Wildman–Crippen MR) is 63.3 cm³/mol. The molecule has 18 heavy (non-hydrogen) atoms. The van der Waals surface area contributed by atoms with Gasteiger partial charge in [-0.2, -0.15) is 9.40 Å². The lowest BCUT2D eigenvalue weighted by Crippen LogP contribution is -2.30. The number of pyridine rings is 1. The van der Waals surface area contributed by atoms with Gasteiger partial charge in [0.1, 0.15) is 0 Å². The largest absolute Gasteiger partial charge is 0.392 e. The van der Waals surface area contributed by atoms with Crippen LogP contribution < -0.4 is 0 Å². The molecule has 1 fully saturated rings. The molecular weight excluding hydrogens is 256 g/mol. The van der Waals surface area contributed by atoms with E-state index in [2.05, 4.69) is 15.2 Å². The van der Waals surface area contributed by atoms with Crippen LogP contribution in [0.15, 0.2) is 23.4 Å². The molecule has 0 amide bonds. The third kappa shape index (κ3) is 1.69. The van der Waals surface area contributed by atoms with Gasteiger partial charge in [-0.15, -0.1) is 0 Å². The van der Waals surface area contributed by atoms with Gasteiger partial charge in [0.05, 0.1) is 11.5 Å². The zero-order valence-electron chi connectivity index (χ0n) is 9.44. The molecule has 0 spiro atoms. The average molecular weight is 268 g/mol. The van der Waals surface area contributed by atoms with Gasteiger partial charge < -0.3 is 5.11 Å². The van der Waals surface area contributed by atoms with E-state index in [9.17, 15) is 13.5 Å². The van der Waals surface area contributed by atoms with Crippen LogP contribution in [0.2, 0.25) is 0 Å². The highest BCUT2D eigenvalue weighted by molar-refractivity contribution is 7.89. The Kier molecular flexibility index (Phi) is 2.58. The van der Waals surface area contributed by atoms with Crippen molar-refractivity contribution in [2.75, 3.05) is 13.1 Å². The molecule has 3 rings (SSSR count). The summed E-state index contributed by atoms with van der Waals surface area (Å²) >= 11 is 0. The Morgan fingerprint density at radius 3 is 3.06 bits per heavy atom. The number of aromatic nitrogens is 3. The maximum atomic E-state index is 12.4. The molecule has 1 atom stereocenters. The topological polar surface area (TPSA) is 99.2 Å². The number of aromatic amines is 1. The third-order valence-electron chi connectivity index (χ3n) is 3.02. The van der Waals surface area contributed by atoms with Crippen molar-refractivity contribution >= 4 is 21.1 Å². The standard InChI is InChI=1S/C10H12N4O3S/c15-7-3-5-14(6-7)18(16,17)10-8-2-1-4-11-9(8)12-13-10/h1-2,4,7,15H,3,5-6H2,(H,11,12,13)/t7-/m0/s1. The van der Waals surface area contributed by atoms with Crippen LogP contribution in [0, 0.1) is 0 Å². The summed E-state index contributed by atoms with van der Waals surface area (Å²) in [6.07, 6.45) is 1.43. The molecule has 0 unspecified atom stereocenters. The highest BCUT2D eigenvalue weighted by atomic mass is 32.2. The number of H-pyrrole nitrogens is 1. The molecule has 0 saturated carbocycles. The molecule has 1 aliphatic rings. The molecule has 0 aromatic carbocycles. The first-order valence-electron chi connectivity index (χ1n) is 5.56. The van der Waals surface area contributed by atoms with Gasteiger partial charge in [-0.1, -0.05) is 0 Å². The van der Waals surface area contributed by atoms with E-state index in [1.54, 1.807) is 18.3 Å². The molecule has 0 aliphatic carbocycles. The summed E-state index contributed by atoms with van der Waals surface area (Å²) in [6, 6.07) is 3.32. The summed E-state index contributed by atoms with van der Waals surface area (Å²) in [4.78, 5) is 3.98. The number of hydrogen-bond acceptors (Lipinski definition) is 5. The monoisotopic (exact) mass is 268 g/mol. The number of rotatable bonds is 2. The second-order valence-electron chi connectivity index (χ2n) is 4.23. The van der Waals surface area contributed by atoms with Crippen LogP contribution in [0.3, 0.4) is 0 Å². The minimum absolute atomic E-state index is 0.0414. The molecule has 0 bridgehead atoms. The van der Waals surface area contributed by atoms with Crippen LogP contribution in [-0.2, 0) is 10.0 Å². The van der Waals surface area contributed by atoms with Crippen molar-refractivity contribution in [1.82, 2.24) is 19.5 Å². The van der Waals surface area contributed by atoms with Gasteiger partial charge in [-0.3, -0.25) is 5.10 Å². The highest BCUT2D eigenvalue weighted by Gasteiger charge is 2.33. The lowest BCUT2D eigenvalue weighted by Gasteiger charge is -2.14. The molecule has 96 valence electrons. The normalized spacial score (nSPS) is 21.7. The number of hydrogen-bond donors (Lipinski definition) is 2. The second kappa shape index (κ2) is 4.01. The van der Waals surface area contributed by atoms with Crippen LogP contribution in [0.1, 0.15) is 6.42 Å². The third-order valence-corrected chi connectivity index (χ3v) is 4.86. The van der Waals surface area contributed by atoms with Gasteiger partial charge in [0, 0.05) is 19.3 Å². The maximum Gasteiger partial charge on any atom is 0.260 e. The van der Waals surface area contributed by atoms with Crippen LogP contribution >= 0.6 is 0 Å². The van der Waals surface area contributed by atoms with Gasteiger partial charge in [0.2, 0.25) is 0 Å². The Bertz CT molecular complexity index is 681. The molecule has 2 aromatic heterocycles. The fourth-order valence-corrected chi connectivity index (χ4v) is 3.65. The molecule has 2 aromatic rings. The molecule has 1 aliphatic heterocycles. The van der Waals surface area contributed by atoms with Gasteiger partial charge >= 0.3 is 0 Å². The molecule has 7 nitrogen and oxygen atoms in total. The molecule has 8 heteroatoms. The first-order chi connectivity index (χ1) is 8.59. The fraction of sp³-hybridized carbons (Fsp3) is 0.400. The summed E-state index contributed by atoms with van der Waals surface area (Å²) in [5, 5.41) is 16.3. The highest BCUT2D eigenvalue weighted by Crippen LogP contribution is 2.24. The van der Waals surface area contributed by atoms with E-state index >= 15 is 0 Å². The van der Waals surface area contributed by atoms with E-state index in [4.69, 9.17) is 0 Å². The Labute approximate surface area is 103 Å². The number of nitrogens with one attached hydrogen (secondary N) is 1. The van der Waals surface area contributed by atoms with E-state index in [1.165, 1.54) is 4.31 Å². The number of nitrogens with zero attached hydrogens (tertiary/aromatic N) is 3. The summed E-state index contributed by atoms with van der Waals surface area (Å²) < 4.78 is 26.0. The maximum absolute atomic E-state index is 12.4. The molecule has 1 saturated heterocycles. The number of β-amino-alcohol motifs (C(OH)–C–C–N with tert-alkyl or cyclic N) is 1. The molecule has 0 radical (unpaired) electrons. The minimum atomic E-state index is -3.64. The van der Waals surface area contributed by atoms with E-state index in [0.29, 0.717) is 24.0 Å². The summed E-state index contributed by atoms with van der Waals surface area (Å²) in [5.41, 5.74) is 0.371. The molecule has 3 heterocycles. The van der Waals surface area contributed by atoms with Crippen molar-refractivity contribution in [2.24, 2.45) is 0 Å². The van der Waals surface area contributed by atoms with Crippen LogP contribution in [-0.4, -0.2) is 52.2 Å². The Morgan fingerprint density at radius 2 is 2.33 bits per heavy atom. The average Bonchev–Trinajstić information content (AvgIpc) is 2.95. The Morgan fingerprint density at radius 1 is 1.50 bits per heavy atom. The van der Waals surface area contributed by atoms with E-state index in [0.717, 1.165) is 0 Å². The fourth-order valence-electron chi connectivity index (χ4n) is 2.08. The predicted octanol–water partition coefficient (Wildman–Crippen LogP) is -0.287. The summed E-state index contributed by atoms with van der Waals surface area (Å²) in [7, 11) is -3.64. The molecular formula is C10H12N4O3S. The number of fused-ring (bicyclic) bond motifs is 1. The molecule has 2 N–H and O–H groups in total. The van der Waals surface area contributed by atoms with Gasteiger partial charge in [0.15, 0.2) is 10.7 Å². The van der Waals surface area contributed by atoms with E-state index < -0.39 is 16.1 Å². The van der Waals surface area contributed by atoms with Crippen LogP contribution in [0.25, 0.3) is 11.0 Å². The van der Waals surface area contributed by atoms with Crippen molar-refractivity contribution in [3.63, 3.8) is 0 Å². The minimum Gasteiger partial charge on any atom is -0.392 e. The number of sulfonamides is 1. The zero-order chi connectivity index (χ0) is 12.8. The van der Waals surface area contributed by atoms with Crippen LogP contribution in [0.5, 0.6) is 0 Å². The Hall–Kier alpha value is -1.51. The van der Waals surface area contributed by atoms with Gasteiger partial charge in [-0.05, 0) is 18.6 Å². The lowest BCUT2D eigenvalue weighted by molar-refractivity contribution is 0.189. The van der Waals surface area contributed by atoms with E-state index in [-0.39, 0.29) is 11.6 Å². The van der Waals surface area contributed by atoms with Crippen LogP contribution in [0.4, 0.5) is 0 Å². The lowest BCUT2D eigenvalue weighted by atomic mass is 10.3. The van der Waals surface area contributed by atoms with E-state index in [1.807, 2.05) is 0 Å². The Balaban J connectivity index is 2.08. The first-order valence-corrected chi connectivity index (χ1v) is 7.00. The van der Waals surface area contributed by atoms with Crippen molar-refractivity contribution in [2.45, 2.75) is 17.6 Å². The number of aliphatic hydroxyl groups is 1. The second-order valence-corrected chi connectivity index (χ2v) is 6.11. The smallest absolute Gasteiger partial charge is 0.260 e.